The Morgan fingerprint density at radius 2 is 2.25 bits per heavy atom. The van der Waals surface area contributed by atoms with E-state index in [4.69, 9.17) is 10.5 Å². The Hall–Kier alpha value is -2.17. The van der Waals surface area contributed by atoms with Crippen molar-refractivity contribution in [2.24, 2.45) is 0 Å². The first-order valence-corrected chi connectivity index (χ1v) is 4.85. The molecule has 0 atom stereocenters. The topological polar surface area (TPSA) is 68.8 Å². The highest BCUT2D eigenvalue weighted by Gasteiger charge is 2.21. The number of rotatable bonds is 2. The fourth-order valence-electron chi connectivity index (χ4n) is 1.78. The SMILES string of the molecule is CNc1c(N)c2ccccn2c1C(=O)OC. The molecule has 0 saturated heterocycles. The van der Waals surface area contributed by atoms with Gasteiger partial charge in [-0.05, 0) is 12.1 Å². The largest absolute Gasteiger partial charge is 0.464 e. The Labute approximate surface area is 92.8 Å². The lowest BCUT2D eigenvalue weighted by Gasteiger charge is -2.03. The number of ether oxygens (including phenoxy) is 1. The second kappa shape index (κ2) is 3.77. The predicted octanol–water partition coefficient (Wildman–Crippen LogP) is 1.35. The molecule has 0 aliphatic carbocycles. The van der Waals surface area contributed by atoms with Crippen molar-refractivity contribution in [1.29, 1.82) is 0 Å². The zero-order valence-electron chi connectivity index (χ0n) is 9.15. The summed E-state index contributed by atoms with van der Waals surface area (Å²) in [6.07, 6.45) is 1.78. The summed E-state index contributed by atoms with van der Waals surface area (Å²) in [6.45, 7) is 0. The van der Waals surface area contributed by atoms with Crippen molar-refractivity contribution in [2.45, 2.75) is 0 Å². The van der Waals surface area contributed by atoms with E-state index >= 15 is 0 Å². The molecule has 3 N–H and O–H groups in total. The van der Waals surface area contributed by atoms with Crippen LogP contribution in [0.15, 0.2) is 24.4 Å². The van der Waals surface area contributed by atoms with Crippen LogP contribution in [-0.4, -0.2) is 24.5 Å². The van der Waals surface area contributed by atoms with E-state index in [-0.39, 0.29) is 0 Å². The molecule has 0 aliphatic rings. The lowest BCUT2D eigenvalue weighted by molar-refractivity contribution is 0.0594. The van der Waals surface area contributed by atoms with Gasteiger partial charge in [0.15, 0.2) is 5.69 Å². The van der Waals surface area contributed by atoms with Crippen LogP contribution in [0.2, 0.25) is 0 Å². The molecule has 2 heterocycles. The Morgan fingerprint density at radius 3 is 2.88 bits per heavy atom. The van der Waals surface area contributed by atoms with E-state index in [1.165, 1.54) is 7.11 Å². The van der Waals surface area contributed by atoms with Crippen molar-refractivity contribution >= 4 is 22.9 Å². The first-order chi connectivity index (χ1) is 7.70. The minimum Gasteiger partial charge on any atom is -0.464 e. The van der Waals surface area contributed by atoms with E-state index in [0.717, 1.165) is 5.52 Å². The van der Waals surface area contributed by atoms with Crippen molar-refractivity contribution in [2.75, 3.05) is 25.2 Å². The normalized spacial score (nSPS) is 10.4. The highest BCUT2D eigenvalue weighted by atomic mass is 16.5. The van der Waals surface area contributed by atoms with Gasteiger partial charge in [-0.1, -0.05) is 6.07 Å². The highest BCUT2D eigenvalue weighted by Crippen LogP contribution is 2.31. The number of carbonyl (C=O) groups excluding carboxylic acids is 1. The van der Waals surface area contributed by atoms with E-state index in [2.05, 4.69) is 5.32 Å². The lowest BCUT2D eigenvalue weighted by Crippen LogP contribution is -2.08. The molecule has 5 heteroatoms. The number of esters is 1. The highest BCUT2D eigenvalue weighted by molar-refractivity contribution is 6.02. The van der Waals surface area contributed by atoms with E-state index in [1.807, 2.05) is 18.2 Å². The molecule has 0 radical (unpaired) electrons. The Kier molecular flexibility index (Phi) is 2.44. The lowest BCUT2D eigenvalue weighted by atomic mass is 10.3. The molecule has 2 aromatic rings. The van der Waals surface area contributed by atoms with Crippen molar-refractivity contribution < 1.29 is 9.53 Å². The van der Waals surface area contributed by atoms with E-state index in [1.54, 1.807) is 17.6 Å². The number of nitrogen functional groups attached to an aromatic ring is 1. The zero-order chi connectivity index (χ0) is 11.7. The summed E-state index contributed by atoms with van der Waals surface area (Å²) in [7, 11) is 3.07. The first kappa shape index (κ1) is 10.4. The fourth-order valence-corrected chi connectivity index (χ4v) is 1.78. The first-order valence-electron chi connectivity index (χ1n) is 4.85. The van der Waals surface area contributed by atoms with Crippen LogP contribution >= 0.6 is 0 Å². The summed E-state index contributed by atoms with van der Waals surface area (Å²) < 4.78 is 6.46. The minimum atomic E-state index is -0.415. The quantitative estimate of drug-likeness (QED) is 0.748. The van der Waals surface area contributed by atoms with E-state index in [9.17, 15) is 4.79 Å². The van der Waals surface area contributed by atoms with E-state index < -0.39 is 5.97 Å². The van der Waals surface area contributed by atoms with Crippen molar-refractivity contribution in [3.8, 4) is 0 Å². The van der Waals surface area contributed by atoms with Gasteiger partial charge in [0, 0.05) is 13.2 Å². The van der Waals surface area contributed by atoms with Crippen LogP contribution in [0, 0.1) is 0 Å². The molecule has 2 rings (SSSR count). The number of nitrogens with zero attached hydrogens (tertiary/aromatic N) is 1. The summed E-state index contributed by atoms with van der Waals surface area (Å²) in [5.41, 5.74) is 8.29. The molecule has 5 nitrogen and oxygen atoms in total. The molecule has 84 valence electrons. The zero-order valence-corrected chi connectivity index (χ0v) is 9.15. The molecule has 0 aliphatic heterocycles. The Bertz CT molecular complexity index is 545. The molecule has 0 aromatic carbocycles. The second-order valence-electron chi connectivity index (χ2n) is 3.33. The molecule has 2 aromatic heterocycles. The predicted molar refractivity (Wildman–Crippen MR) is 62.7 cm³/mol. The molecular formula is C11H13N3O2. The molecule has 16 heavy (non-hydrogen) atoms. The van der Waals surface area contributed by atoms with Gasteiger partial charge in [0.25, 0.3) is 0 Å². The molecular weight excluding hydrogens is 206 g/mol. The number of fused-ring (bicyclic) bond motifs is 1. The van der Waals surface area contributed by atoms with Crippen LogP contribution in [-0.2, 0) is 4.74 Å². The summed E-state index contributed by atoms with van der Waals surface area (Å²) in [6, 6.07) is 5.55. The smallest absolute Gasteiger partial charge is 0.357 e. The summed E-state index contributed by atoms with van der Waals surface area (Å²) in [5.74, 6) is -0.415. The third kappa shape index (κ3) is 1.29. The van der Waals surface area contributed by atoms with Gasteiger partial charge < -0.3 is 20.2 Å². The average molecular weight is 219 g/mol. The van der Waals surface area contributed by atoms with Crippen molar-refractivity contribution in [1.82, 2.24) is 4.40 Å². The van der Waals surface area contributed by atoms with E-state index in [0.29, 0.717) is 17.1 Å². The summed E-state index contributed by atoms with van der Waals surface area (Å²) in [5, 5.41) is 2.92. The van der Waals surface area contributed by atoms with Crippen LogP contribution in [0.25, 0.3) is 5.52 Å². The number of carbonyl (C=O) groups is 1. The number of nitrogens with two attached hydrogens (primary N) is 1. The van der Waals surface area contributed by atoms with Gasteiger partial charge >= 0.3 is 5.97 Å². The number of anilines is 2. The monoisotopic (exact) mass is 219 g/mol. The molecule has 0 unspecified atom stereocenters. The van der Waals surface area contributed by atoms with Gasteiger partial charge in [-0.15, -0.1) is 0 Å². The maximum absolute atomic E-state index is 11.7. The van der Waals surface area contributed by atoms with Gasteiger partial charge in [0.2, 0.25) is 0 Å². The number of pyridine rings is 1. The Balaban J connectivity index is 2.83. The number of aromatic nitrogens is 1. The number of hydrogen-bond donors (Lipinski definition) is 2. The van der Waals surface area contributed by atoms with Gasteiger partial charge in [0.05, 0.1) is 24.0 Å². The average Bonchev–Trinajstić information content (AvgIpc) is 2.62. The number of nitrogens with one attached hydrogen (secondary N) is 1. The van der Waals surface area contributed by atoms with Crippen LogP contribution in [0.5, 0.6) is 0 Å². The maximum atomic E-state index is 11.7. The number of hydrogen-bond acceptors (Lipinski definition) is 4. The van der Waals surface area contributed by atoms with Gasteiger partial charge in [0.1, 0.15) is 0 Å². The molecule has 0 fully saturated rings. The molecule has 0 bridgehead atoms. The van der Waals surface area contributed by atoms with Crippen LogP contribution in [0.4, 0.5) is 11.4 Å². The summed E-state index contributed by atoms with van der Waals surface area (Å²) in [4.78, 5) is 11.7. The number of methoxy groups -OCH3 is 1. The summed E-state index contributed by atoms with van der Waals surface area (Å²) >= 11 is 0. The van der Waals surface area contributed by atoms with Crippen LogP contribution in [0.1, 0.15) is 10.5 Å². The third-order valence-electron chi connectivity index (χ3n) is 2.51. The fraction of sp³-hybridized carbons (Fsp3) is 0.182. The van der Waals surface area contributed by atoms with Crippen LogP contribution < -0.4 is 11.1 Å². The standard InChI is InChI=1S/C11H13N3O2/c1-13-9-8(12)7-5-3-4-6-14(7)10(9)11(15)16-2/h3-6,13H,12H2,1-2H3. The third-order valence-corrected chi connectivity index (χ3v) is 2.51. The second-order valence-corrected chi connectivity index (χ2v) is 3.33. The van der Waals surface area contributed by atoms with Crippen LogP contribution in [0.3, 0.4) is 0 Å². The molecule has 0 saturated carbocycles. The molecule has 0 amide bonds. The van der Waals surface area contributed by atoms with Crippen molar-refractivity contribution in [3.05, 3.63) is 30.1 Å². The van der Waals surface area contributed by atoms with Gasteiger partial charge in [-0.2, -0.15) is 0 Å². The maximum Gasteiger partial charge on any atom is 0.357 e. The Morgan fingerprint density at radius 1 is 1.50 bits per heavy atom. The van der Waals surface area contributed by atoms with Gasteiger partial charge in [-0.3, -0.25) is 0 Å². The molecule has 0 spiro atoms. The van der Waals surface area contributed by atoms with Gasteiger partial charge in [-0.25, -0.2) is 4.79 Å². The van der Waals surface area contributed by atoms with Crippen molar-refractivity contribution in [3.63, 3.8) is 0 Å². The minimum absolute atomic E-state index is 0.415.